The molecule has 4 nitrogen and oxygen atoms in total. The molecule has 20 heavy (non-hydrogen) atoms. The Balaban J connectivity index is 1.80. The molecule has 1 aromatic heterocycles. The molecule has 1 aliphatic rings. The van der Waals surface area contributed by atoms with Crippen LogP contribution in [0.25, 0.3) is 10.9 Å². The molecule has 0 bridgehead atoms. The van der Waals surface area contributed by atoms with Crippen LogP contribution in [-0.2, 0) is 11.2 Å². The predicted molar refractivity (Wildman–Crippen MR) is 79.4 cm³/mol. The van der Waals surface area contributed by atoms with Crippen molar-refractivity contribution >= 4 is 10.9 Å². The summed E-state index contributed by atoms with van der Waals surface area (Å²) in [6.07, 6.45) is 4.31. The van der Waals surface area contributed by atoms with Crippen LogP contribution in [0.4, 0.5) is 0 Å². The lowest BCUT2D eigenvalue weighted by molar-refractivity contribution is 0.0385. The SMILES string of the molecule is COc1ccc2[nH][c]c(CCN3CCOCC3)c2c1C. The lowest BCUT2D eigenvalue weighted by Gasteiger charge is -2.26. The van der Waals surface area contributed by atoms with Gasteiger partial charge in [0.05, 0.1) is 26.5 Å². The Bertz CT molecular complexity index is 585. The monoisotopic (exact) mass is 273 g/mol. The second-order valence-electron chi connectivity index (χ2n) is 5.25. The lowest BCUT2D eigenvalue weighted by atomic mass is 10.0. The highest BCUT2D eigenvalue weighted by molar-refractivity contribution is 5.88. The van der Waals surface area contributed by atoms with Gasteiger partial charge < -0.3 is 14.5 Å². The van der Waals surface area contributed by atoms with E-state index in [1.165, 1.54) is 16.5 Å². The summed E-state index contributed by atoms with van der Waals surface area (Å²) in [5, 5.41) is 1.26. The highest BCUT2D eigenvalue weighted by Crippen LogP contribution is 2.29. The van der Waals surface area contributed by atoms with E-state index in [1.54, 1.807) is 7.11 Å². The number of benzene rings is 1. The van der Waals surface area contributed by atoms with Gasteiger partial charge in [-0.25, -0.2) is 0 Å². The number of nitrogens with one attached hydrogen (secondary N) is 1. The Kier molecular flexibility index (Phi) is 3.94. The largest absolute Gasteiger partial charge is 0.496 e. The third-order valence-corrected chi connectivity index (χ3v) is 4.07. The van der Waals surface area contributed by atoms with Crippen molar-refractivity contribution in [3.05, 3.63) is 29.5 Å². The average Bonchev–Trinajstić information content (AvgIpc) is 2.91. The van der Waals surface area contributed by atoms with Gasteiger partial charge in [-0.3, -0.25) is 4.90 Å². The number of rotatable bonds is 4. The quantitative estimate of drug-likeness (QED) is 0.927. The van der Waals surface area contributed by atoms with Gasteiger partial charge in [0.1, 0.15) is 5.75 Å². The summed E-state index contributed by atoms with van der Waals surface area (Å²) < 4.78 is 10.8. The number of hydrogen-bond donors (Lipinski definition) is 1. The Hall–Kier alpha value is -1.52. The van der Waals surface area contributed by atoms with Gasteiger partial charge in [0.2, 0.25) is 0 Å². The molecule has 0 aliphatic carbocycles. The van der Waals surface area contributed by atoms with Crippen LogP contribution in [0.15, 0.2) is 12.1 Å². The first kappa shape index (κ1) is 13.5. The highest BCUT2D eigenvalue weighted by atomic mass is 16.5. The minimum absolute atomic E-state index is 0.852. The maximum atomic E-state index is 5.42. The van der Waals surface area contributed by atoms with Crippen molar-refractivity contribution in [3.8, 4) is 5.75 Å². The topological polar surface area (TPSA) is 37.5 Å². The fraction of sp³-hybridized carbons (Fsp3) is 0.500. The third-order valence-electron chi connectivity index (χ3n) is 4.07. The average molecular weight is 273 g/mol. The molecule has 0 unspecified atom stereocenters. The lowest BCUT2D eigenvalue weighted by Crippen LogP contribution is -2.37. The predicted octanol–water partition coefficient (Wildman–Crippen LogP) is 2.16. The number of H-pyrrole nitrogens is 1. The zero-order chi connectivity index (χ0) is 13.9. The van der Waals surface area contributed by atoms with Gasteiger partial charge in [0.15, 0.2) is 0 Å². The van der Waals surface area contributed by atoms with Crippen LogP contribution in [0, 0.1) is 13.1 Å². The molecule has 0 atom stereocenters. The number of morpholine rings is 1. The smallest absolute Gasteiger partial charge is 0.122 e. The second kappa shape index (κ2) is 5.85. The first-order valence-electron chi connectivity index (χ1n) is 7.15. The van der Waals surface area contributed by atoms with Gasteiger partial charge in [0, 0.05) is 36.1 Å². The summed E-state index contributed by atoms with van der Waals surface area (Å²) in [5.74, 6) is 0.943. The van der Waals surface area contributed by atoms with E-state index in [-0.39, 0.29) is 0 Å². The normalized spacial score (nSPS) is 16.7. The Morgan fingerprint density at radius 1 is 1.35 bits per heavy atom. The van der Waals surface area contributed by atoms with Crippen LogP contribution < -0.4 is 4.74 Å². The Morgan fingerprint density at radius 3 is 2.90 bits per heavy atom. The molecule has 107 valence electrons. The van der Waals surface area contributed by atoms with Crippen LogP contribution in [-0.4, -0.2) is 49.8 Å². The van der Waals surface area contributed by atoms with Gasteiger partial charge in [-0.2, -0.15) is 0 Å². The zero-order valence-corrected chi connectivity index (χ0v) is 12.2. The molecule has 2 aromatic rings. The summed E-state index contributed by atoms with van der Waals surface area (Å²) in [6.45, 7) is 6.94. The molecule has 1 aromatic carbocycles. The summed E-state index contributed by atoms with van der Waals surface area (Å²) in [5.41, 5.74) is 3.59. The Labute approximate surface area is 119 Å². The van der Waals surface area contributed by atoms with Crippen LogP contribution in [0.1, 0.15) is 11.1 Å². The standard InChI is InChI=1S/C16H21N2O2/c1-12-15(19-2)4-3-14-16(12)13(11-17-14)5-6-18-7-9-20-10-8-18/h3-4,17H,5-10H2,1-2H3. The van der Waals surface area contributed by atoms with Crippen molar-refractivity contribution in [1.29, 1.82) is 0 Å². The van der Waals surface area contributed by atoms with E-state index in [1.807, 2.05) is 6.07 Å². The van der Waals surface area contributed by atoms with Crippen LogP contribution in [0.2, 0.25) is 0 Å². The summed E-state index contributed by atoms with van der Waals surface area (Å²) >= 11 is 0. The molecular weight excluding hydrogens is 252 g/mol. The van der Waals surface area contributed by atoms with E-state index in [4.69, 9.17) is 9.47 Å². The fourth-order valence-electron chi connectivity index (χ4n) is 2.89. The number of fused-ring (bicyclic) bond motifs is 1. The summed E-state index contributed by atoms with van der Waals surface area (Å²) in [7, 11) is 1.72. The number of hydrogen-bond acceptors (Lipinski definition) is 3. The van der Waals surface area contributed by atoms with E-state index in [9.17, 15) is 0 Å². The van der Waals surface area contributed by atoms with Crippen molar-refractivity contribution in [1.82, 2.24) is 9.88 Å². The van der Waals surface area contributed by atoms with E-state index >= 15 is 0 Å². The molecule has 1 aliphatic heterocycles. The molecule has 2 heterocycles. The van der Waals surface area contributed by atoms with Gasteiger partial charge in [-0.05, 0) is 31.0 Å². The molecule has 0 saturated carbocycles. The molecular formula is C16H21N2O2. The first-order valence-corrected chi connectivity index (χ1v) is 7.15. The van der Waals surface area contributed by atoms with Crippen LogP contribution in [0.5, 0.6) is 5.75 Å². The molecule has 1 N–H and O–H groups in total. The summed E-state index contributed by atoms with van der Waals surface area (Å²) in [4.78, 5) is 5.69. The zero-order valence-electron chi connectivity index (χ0n) is 12.2. The number of nitrogens with zero attached hydrogens (tertiary/aromatic N) is 1. The summed E-state index contributed by atoms with van der Waals surface area (Å²) in [6, 6.07) is 4.07. The van der Waals surface area contributed by atoms with Crippen LogP contribution in [0.3, 0.4) is 0 Å². The molecule has 0 spiro atoms. The minimum Gasteiger partial charge on any atom is -0.496 e. The van der Waals surface area contributed by atoms with Crippen molar-refractivity contribution < 1.29 is 9.47 Å². The maximum Gasteiger partial charge on any atom is 0.122 e. The minimum atomic E-state index is 0.852. The van der Waals surface area contributed by atoms with Gasteiger partial charge in [0.25, 0.3) is 0 Å². The fourth-order valence-corrected chi connectivity index (χ4v) is 2.89. The third kappa shape index (κ3) is 2.53. The number of methoxy groups -OCH3 is 1. The van der Waals surface area contributed by atoms with Gasteiger partial charge >= 0.3 is 0 Å². The molecule has 0 amide bonds. The number of aromatic nitrogens is 1. The number of ether oxygens (including phenoxy) is 2. The van der Waals surface area contributed by atoms with Crippen molar-refractivity contribution in [3.63, 3.8) is 0 Å². The van der Waals surface area contributed by atoms with Crippen molar-refractivity contribution in [2.75, 3.05) is 40.0 Å². The van der Waals surface area contributed by atoms with Crippen molar-refractivity contribution in [2.45, 2.75) is 13.3 Å². The molecule has 3 rings (SSSR count). The first-order chi connectivity index (χ1) is 9.79. The molecule has 4 heteroatoms. The Morgan fingerprint density at radius 2 is 2.15 bits per heavy atom. The second-order valence-corrected chi connectivity index (χ2v) is 5.25. The van der Waals surface area contributed by atoms with Gasteiger partial charge in [-0.1, -0.05) is 0 Å². The van der Waals surface area contributed by atoms with E-state index < -0.39 is 0 Å². The maximum absolute atomic E-state index is 5.42. The number of aryl methyl sites for hydroxylation is 1. The highest BCUT2D eigenvalue weighted by Gasteiger charge is 2.14. The van der Waals surface area contributed by atoms with Crippen LogP contribution >= 0.6 is 0 Å². The van der Waals surface area contributed by atoms with Gasteiger partial charge in [-0.15, -0.1) is 0 Å². The van der Waals surface area contributed by atoms with E-state index in [0.717, 1.165) is 50.5 Å². The van der Waals surface area contributed by atoms with E-state index in [0.29, 0.717) is 0 Å². The number of aromatic amines is 1. The van der Waals surface area contributed by atoms with Crippen molar-refractivity contribution in [2.24, 2.45) is 0 Å². The molecule has 1 radical (unpaired) electrons. The van der Waals surface area contributed by atoms with E-state index in [2.05, 4.69) is 29.1 Å². The molecule has 1 saturated heterocycles. The molecule has 1 fully saturated rings.